The van der Waals surface area contributed by atoms with Crippen molar-refractivity contribution in [2.75, 3.05) is 30.4 Å². The molecule has 0 aliphatic carbocycles. The topological polar surface area (TPSA) is 50.4 Å². The Balaban J connectivity index is 1.86. The van der Waals surface area contributed by atoms with Crippen LogP contribution in [0, 0.1) is 5.92 Å². The molecule has 0 unspecified atom stereocenters. The predicted octanol–water partition coefficient (Wildman–Crippen LogP) is 2.48. The molecular formula is C14H20N2O2. The lowest BCUT2D eigenvalue weighted by molar-refractivity contribution is -0.114. The van der Waals surface area contributed by atoms with Crippen LogP contribution in [-0.4, -0.2) is 25.7 Å². The lowest BCUT2D eigenvalue weighted by Gasteiger charge is -2.22. The van der Waals surface area contributed by atoms with Gasteiger partial charge in [0, 0.05) is 38.1 Å². The number of hydrogen-bond donors (Lipinski definition) is 2. The molecule has 0 saturated carbocycles. The van der Waals surface area contributed by atoms with Crippen molar-refractivity contribution in [2.24, 2.45) is 5.92 Å². The maximum Gasteiger partial charge on any atom is 0.221 e. The monoisotopic (exact) mass is 248 g/mol. The van der Waals surface area contributed by atoms with Gasteiger partial charge in [-0.15, -0.1) is 0 Å². The van der Waals surface area contributed by atoms with Gasteiger partial charge in [-0.05, 0) is 37.0 Å². The third-order valence-electron chi connectivity index (χ3n) is 3.12. The molecule has 98 valence electrons. The van der Waals surface area contributed by atoms with Crippen LogP contribution in [0.1, 0.15) is 19.8 Å². The van der Waals surface area contributed by atoms with Gasteiger partial charge >= 0.3 is 0 Å². The molecule has 1 aromatic rings. The molecule has 4 nitrogen and oxygen atoms in total. The highest BCUT2D eigenvalue weighted by Crippen LogP contribution is 2.18. The van der Waals surface area contributed by atoms with Crippen LogP contribution in [0.15, 0.2) is 24.3 Å². The maximum absolute atomic E-state index is 11.0. The molecule has 1 aliphatic heterocycles. The van der Waals surface area contributed by atoms with Gasteiger partial charge in [-0.3, -0.25) is 4.79 Å². The van der Waals surface area contributed by atoms with Gasteiger partial charge in [0.05, 0.1) is 0 Å². The number of hydrogen-bond acceptors (Lipinski definition) is 3. The summed E-state index contributed by atoms with van der Waals surface area (Å²) in [4.78, 5) is 11.0. The molecule has 1 amide bonds. The van der Waals surface area contributed by atoms with E-state index in [9.17, 15) is 4.79 Å². The number of carbonyl (C=O) groups excluding carboxylic acids is 1. The van der Waals surface area contributed by atoms with Gasteiger partial charge in [0.2, 0.25) is 5.91 Å². The fourth-order valence-electron chi connectivity index (χ4n) is 2.12. The van der Waals surface area contributed by atoms with E-state index in [1.54, 1.807) is 0 Å². The summed E-state index contributed by atoms with van der Waals surface area (Å²) >= 11 is 0. The number of ether oxygens (including phenoxy) is 1. The minimum Gasteiger partial charge on any atom is -0.385 e. The van der Waals surface area contributed by atoms with Crippen molar-refractivity contribution in [1.29, 1.82) is 0 Å². The highest BCUT2D eigenvalue weighted by Gasteiger charge is 2.13. The molecule has 2 rings (SSSR count). The highest BCUT2D eigenvalue weighted by atomic mass is 16.5. The Morgan fingerprint density at radius 3 is 2.78 bits per heavy atom. The van der Waals surface area contributed by atoms with Crippen molar-refractivity contribution in [3.05, 3.63) is 24.3 Å². The summed E-state index contributed by atoms with van der Waals surface area (Å²) in [6.45, 7) is 4.23. The molecule has 0 aromatic heterocycles. The quantitative estimate of drug-likeness (QED) is 0.860. The standard InChI is InChI=1S/C14H20N2O2/c1-11(17)16-14-4-2-3-13(9-14)15-10-12-5-7-18-8-6-12/h2-4,9,12,15H,5-8,10H2,1H3,(H,16,17). The zero-order valence-corrected chi connectivity index (χ0v) is 10.7. The maximum atomic E-state index is 11.0. The molecule has 0 radical (unpaired) electrons. The molecular weight excluding hydrogens is 228 g/mol. The first-order valence-electron chi connectivity index (χ1n) is 6.43. The van der Waals surface area contributed by atoms with Crippen LogP contribution in [0.5, 0.6) is 0 Å². The van der Waals surface area contributed by atoms with Gasteiger partial charge in [0.15, 0.2) is 0 Å². The Hall–Kier alpha value is -1.55. The van der Waals surface area contributed by atoms with E-state index in [4.69, 9.17) is 4.74 Å². The summed E-state index contributed by atoms with van der Waals surface area (Å²) in [7, 11) is 0. The average Bonchev–Trinajstić information content (AvgIpc) is 2.37. The first kappa shape index (κ1) is 12.9. The summed E-state index contributed by atoms with van der Waals surface area (Å²) in [5.41, 5.74) is 1.88. The molecule has 1 fully saturated rings. The first-order chi connectivity index (χ1) is 8.74. The lowest BCUT2D eigenvalue weighted by Crippen LogP contribution is -2.22. The molecule has 0 atom stereocenters. The predicted molar refractivity (Wildman–Crippen MR) is 72.8 cm³/mol. The lowest BCUT2D eigenvalue weighted by atomic mass is 10.0. The van der Waals surface area contributed by atoms with Crippen LogP contribution < -0.4 is 10.6 Å². The van der Waals surface area contributed by atoms with Crippen LogP contribution in [0.3, 0.4) is 0 Å². The Kier molecular flexibility index (Phi) is 4.59. The SMILES string of the molecule is CC(=O)Nc1cccc(NCC2CCOCC2)c1. The third-order valence-corrected chi connectivity index (χ3v) is 3.12. The van der Waals surface area contributed by atoms with Crippen molar-refractivity contribution < 1.29 is 9.53 Å². The molecule has 4 heteroatoms. The third kappa shape index (κ3) is 4.04. The second-order valence-corrected chi connectivity index (χ2v) is 4.70. The fraction of sp³-hybridized carbons (Fsp3) is 0.500. The molecule has 2 N–H and O–H groups in total. The largest absolute Gasteiger partial charge is 0.385 e. The highest BCUT2D eigenvalue weighted by molar-refractivity contribution is 5.89. The van der Waals surface area contributed by atoms with Gasteiger partial charge in [-0.1, -0.05) is 6.07 Å². The van der Waals surface area contributed by atoms with Gasteiger partial charge in [0.25, 0.3) is 0 Å². The Morgan fingerprint density at radius 1 is 1.33 bits per heavy atom. The average molecular weight is 248 g/mol. The number of carbonyl (C=O) groups is 1. The summed E-state index contributed by atoms with van der Waals surface area (Å²) < 4.78 is 5.34. The van der Waals surface area contributed by atoms with E-state index in [0.717, 1.165) is 44.0 Å². The van der Waals surface area contributed by atoms with E-state index in [-0.39, 0.29) is 5.91 Å². The Labute approximate surface area is 108 Å². The van der Waals surface area contributed by atoms with E-state index in [2.05, 4.69) is 10.6 Å². The number of rotatable bonds is 4. The molecule has 18 heavy (non-hydrogen) atoms. The van der Waals surface area contributed by atoms with Gasteiger partial charge in [0.1, 0.15) is 0 Å². The summed E-state index contributed by atoms with van der Waals surface area (Å²) in [6.07, 6.45) is 2.25. The summed E-state index contributed by atoms with van der Waals surface area (Å²) in [5.74, 6) is 0.639. The van der Waals surface area contributed by atoms with Gasteiger partial charge in [-0.25, -0.2) is 0 Å². The van der Waals surface area contributed by atoms with Crippen molar-refractivity contribution in [3.8, 4) is 0 Å². The van der Waals surface area contributed by atoms with Crippen molar-refractivity contribution in [3.63, 3.8) is 0 Å². The smallest absolute Gasteiger partial charge is 0.221 e. The normalized spacial score (nSPS) is 16.3. The number of nitrogens with one attached hydrogen (secondary N) is 2. The minimum atomic E-state index is -0.0448. The zero-order chi connectivity index (χ0) is 12.8. The summed E-state index contributed by atoms with van der Waals surface area (Å²) in [6, 6.07) is 7.81. The molecule has 0 bridgehead atoms. The van der Waals surface area contributed by atoms with E-state index in [1.165, 1.54) is 6.92 Å². The molecule has 0 spiro atoms. The molecule has 1 heterocycles. The number of benzene rings is 1. The van der Waals surface area contributed by atoms with Crippen LogP contribution in [0.4, 0.5) is 11.4 Å². The van der Waals surface area contributed by atoms with E-state index in [0.29, 0.717) is 5.92 Å². The van der Waals surface area contributed by atoms with Crippen molar-refractivity contribution in [1.82, 2.24) is 0 Å². The first-order valence-corrected chi connectivity index (χ1v) is 6.43. The second-order valence-electron chi connectivity index (χ2n) is 4.70. The van der Waals surface area contributed by atoms with Gasteiger partial charge < -0.3 is 15.4 Å². The van der Waals surface area contributed by atoms with Crippen LogP contribution in [-0.2, 0) is 9.53 Å². The molecule has 1 aromatic carbocycles. The minimum absolute atomic E-state index is 0.0448. The van der Waals surface area contributed by atoms with Crippen molar-refractivity contribution >= 4 is 17.3 Å². The van der Waals surface area contributed by atoms with Crippen molar-refractivity contribution in [2.45, 2.75) is 19.8 Å². The van der Waals surface area contributed by atoms with E-state index >= 15 is 0 Å². The van der Waals surface area contributed by atoms with Gasteiger partial charge in [-0.2, -0.15) is 0 Å². The Morgan fingerprint density at radius 2 is 2.06 bits per heavy atom. The number of anilines is 2. The van der Waals surface area contributed by atoms with Crippen LogP contribution in [0.25, 0.3) is 0 Å². The molecule has 1 saturated heterocycles. The van der Waals surface area contributed by atoms with E-state index < -0.39 is 0 Å². The Bertz CT molecular complexity index is 401. The van der Waals surface area contributed by atoms with Crippen LogP contribution in [0.2, 0.25) is 0 Å². The fourth-order valence-corrected chi connectivity index (χ4v) is 2.12. The van der Waals surface area contributed by atoms with Crippen LogP contribution >= 0.6 is 0 Å². The zero-order valence-electron chi connectivity index (χ0n) is 10.7. The number of amides is 1. The second kappa shape index (κ2) is 6.40. The van der Waals surface area contributed by atoms with E-state index in [1.807, 2.05) is 24.3 Å². The summed E-state index contributed by atoms with van der Waals surface area (Å²) in [5, 5.41) is 6.21. The molecule has 1 aliphatic rings.